The molecule has 2 heterocycles. The van der Waals surface area contributed by atoms with E-state index in [1.807, 2.05) is 23.1 Å². The summed E-state index contributed by atoms with van der Waals surface area (Å²) in [5, 5.41) is 14.7. The van der Waals surface area contributed by atoms with Crippen LogP contribution in [0.1, 0.15) is 30.4 Å². The quantitative estimate of drug-likeness (QED) is 0.641. The van der Waals surface area contributed by atoms with Gasteiger partial charge in [0.25, 0.3) is 0 Å². The van der Waals surface area contributed by atoms with Crippen LogP contribution in [-0.4, -0.2) is 53.3 Å². The normalized spacial score (nSPS) is 22.4. The highest BCUT2D eigenvalue weighted by molar-refractivity contribution is 5.89. The second-order valence-electron chi connectivity index (χ2n) is 8.42. The fourth-order valence-electron chi connectivity index (χ4n) is 4.40. The van der Waals surface area contributed by atoms with Crippen molar-refractivity contribution in [2.75, 3.05) is 18.5 Å². The molecule has 2 aliphatic rings. The maximum atomic E-state index is 13.7. The Morgan fingerprint density at radius 3 is 2.70 bits per heavy atom. The predicted octanol–water partition coefficient (Wildman–Crippen LogP) is 2.97. The monoisotopic (exact) mass is 459 g/mol. The number of urea groups is 1. The van der Waals surface area contributed by atoms with Crippen LogP contribution in [0, 0.1) is 11.6 Å². The smallest absolute Gasteiger partial charge is 0.319 e. The maximum absolute atomic E-state index is 13.7. The van der Waals surface area contributed by atoms with Crippen LogP contribution in [0.5, 0.6) is 0 Å². The number of aliphatic hydroxyl groups is 1. The third-order valence-corrected chi connectivity index (χ3v) is 6.17. The lowest BCUT2D eigenvalue weighted by molar-refractivity contribution is -0.141. The van der Waals surface area contributed by atoms with Crippen molar-refractivity contribution in [3.63, 3.8) is 0 Å². The number of hydrogen-bond acceptors (Lipinski definition) is 4. The zero-order valence-corrected chi connectivity index (χ0v) is 18.1. The SMILES string of the molecule is O=C(Nc1cc(F)ccc1F)N[C@@H]1CC[C@@H](CC(=O)N2CCc3ccccc3C2)O[C@H]1CO. The van der Waals surface area contributed by atoms with E-state index >= 15 is 0 Å². The number of halogens is 2. The number of rotatable bonds is 5. The molecule has 7 nitrogen and oxygen atoms in total. The van der Waals surface area contributed by atoms with Gasteiger partial charge in [0.2, 0.25) is 5.91 Å². The van der Waals surface area contributed by atoms with Crippen LogP contribution in [0.15, 0.2) is 42.5 Å². The van der Waals surface area contributed by atoms with Gasteiger partial charge in [-0.1, -0.05) is 24.3 Å². The van der Waals surface area contributed by atoms with Gasteiger partial charge >= 0.3 is 6.03 Å². The summed E-state index contributed by atoms with van der Waals surface area (Å²) in [5.74, 6) is -1.44. The summed E-state index contributed by atoms with van der Waals surface area (Å²) < 4.78 is 33.0. The summed E-state index contributed by atoms with van der Waals surface area (Å²) in [4.78, 5) is 26.9. The zero-order chi connectivity index (χ0) is 23.4. The molecule has 176 valence electrons. The Bertz CT molecular complexity index is 1020. The minimum Gasteiger partial charge on any atom is -0.394 e. The first kappa shape index (κ1) is 23.1. The summed E-state index contributed by atoms with van der Waals surface area (Å²) in [5.41, 5.74) is 2.14. The Morgan fingerprint density at radius 2 is 1.91 bits per heavy atom. The average Bonchev–Trinajstić information content (AvgIpc) is 2.82. The second-order valence-corrected chi connectivity index (χ2v) is 8.42. The van der Waals surface area contributed by atoms with Gasteiger partial charge in [-0.2, -0.15) is 0 Å². The van der Waals surface area contributed by atoms with Crippen LogP contribution >= 0.6 is 0 Å². The predicted molar refractivity (Wildman–Crippen MR) is 117 cm³/mol. The van der Waals surface area contributed by atoms with E-state index in [2.05, 4.69) is 16.7 Å². The zero-order valence-electron chi connectivity index (χ0n) is 18.1. The molecule has 0 radical (unpaired) electrons. The first-order chi connectivity index (χ1) is 15.9. The number of carbonyl (C=O) groups is 2. The van der Waals surface area contributed by atoms with Gasteiger partial charge in [-0.25, -0.2) is 13.6 Å². The molecule has 3 amide bonds. The van der Waals surface area contributed by atoms with Crippen molar-refractivity contribution in [1.29, 1.82) is 0 Å². The van der Waals surface area contributed by atoms with E-state index in [0.29, 0.717) is 25.9 Å². The van der Waals surface area contributed by atoms with Gasteiger partial charge in [0, 0.05) is 19.2 Å². The summed E-state index contributed by atoms with van der Waals surface area (Å²) in [7, 11) is 0. The highest BCUT2D eigenvalue weighted by atomic mass is 19.1. The van der Waals surface area contributed by atoms with Crippen molar-refractivity contribution in [2.24, 2.45) is 0 Å². The second kappa shape index (κ2) is 10.3. The van der Waals surface area contributed by atoms with Gasteiger partial charge in [0.1, 0.15) is 17.7 Å². The molecule has 0 aromatic heterocycles. The van der Waals surface area contributed by atoms with Crippen LogP contribution in [0.4, 0.5) is 19.3 Å². The number of anilines is 1. The van der Waals surface area contributed by atoms with Crippen LogP contribution in [0.25, 0.3) is 0 Å². The Morgan fingerprint density at radius 1 is 1.12 bits per heavy atom. The van der Waals surface area contributed by atoms with Gasteiger partial charge in [-0.05, 0) is 42.5 Å². The largest absolute Gasteiger partial charge is 0.394 e. The van der Waals surface area contributed by atoms with E-state index in [1.54, 1.807) is 0 Å². The van der Waals surface area contributed by atoms with Gasteiger partial charge in [-0.3, -0.25) is 4.79 Å². The number of nitrogens with zero attached hydrogens (tertiary/aromatic N) is 1. The Balaban J connectivity index is 1.29. The average molecular weight is 459 g/mol. The Hall–Kier alpha value is -3.04. The van der Waals surface area contributed by atoms with Gasteiger partial charge in [-0.15, -0.1) is 0 Å². The van der Waals surface area contributed by atoms with Crippen LogP contribution in [0.3, 0.4) is 0 Å². The first-order valence-corrected chi connectivity index (χ1v) is 11.1. The van der Waals surface area contributed by atoms with Crippen molar-refractivity contribution < 1.29 is 28.2 Å². The number of nitrogens with one attached hydrogen (secondary N) is 2. The number of amides is 3. The van der Waals surface area contributed by atoms with Gasteiger partial charge in [0.05, 0.1) is 30.9 Å². The molecule has 4 rings (SSSR count). The molecule has 1 saturated heterocycles. The molecule has 2 aromatic carbocycles. The summed E-state index contributed by atoms with van der Waals surface area (Å²) in [6.07, 6.45) is 0.943. The van der Waals surface area contributed by atoms with E-state index in [9.17, 15) is 23.5 Å². The van der Waals surface area contributed by atoms with Gasteiger partial charge in [0.15, 0.2) is 0 Å². The molecule has 0 saturated carbocycles. The van der Waals surface area contributed by atoms with Crippen LogP contribution in [0.2, 0.25) is 0 Å². The van der Waals surface area contributed by atoms with E-state index in [-0.39, 0.29) is 30.7 Å². The molecule has 0 spiro atoms. The molecule has 9 heteroatoms. The highest BCUT2D eigenvalue weighted by Gasteiger charge is 2.34. The lowest BCUT2D eigenvalue weighted by atomic mass is 9.96. The Labute approximate surface area is 190 Å². The van der Waals surface area contributed by atoms with Crippen molar-refractivity contribution >= 4 is 17.6 Å². The van der Waals surface area contributed by atoms with E-state index in [0.717, 1.165) is 30.2 Å². The molecule has 33 heavy (non-hydrogen) atoms. The van der Waals surface area contributed by atoms with Crippen molar-refractivity contribution in [2.45, 2.75) is 50.5 Å². The molecule has 0 bridgehead atoms. The third kappa shape index (κ3) is 5.66. The summed E-state index contributed by atoms with van der Waals surface area (Å²) >= 11 is 0. The number of ether oxygens (including phenoxy) is 1. The lowest BCUT2D eigenvalue weighted by Gasteiger charge is -2.37. The standard InChI is InChI=1S/C24H27F2N3O4/c25-17-5-7-19(26)21(11-17)28-24(32)27-20-8-6-18(33-22(20)14-30)12-23(31)29-10-9-15-3-1-2-4-16(15)13-29/h1-5,7,11,18,20,22,30H,6,8-10,12-14H2,(H2,27,28,32)/t18-,20+,22-/m0/s1. The molecule has 3 N–H and O–H groups in total. The molecule has 1 fully saturated rings. The number of carbonyl (C=O) groups excluding carboxylic acids is 2. The number of aliphatic hydroxyl groups excluding tert-OH is 1. The van der Waals surface area contributed by atoms with Crippen molar-refractivity contribution in [3.8, 4) is 0 Å². The van der Waals surface area contributed by atoms with Gasteiger partial charge < -0.3 is 25.4 Å². The number of benzene rings is 2. The summed E-state index contributed by atoms with van der Waals surface area (Å²) in [6, 6.07) is 9.59. The maximum Gasteiger partial charge on any atom is 0.319 e. The Kier molecular flexibility index (Phi) is 7.20. The molecule has 0 unspecified atom stereocenters. The molecular weight excluding hydrogens is 432 g/mol. The van der Waals surface area contributed by atoms with E-state index in [1.165, 1.54) is 5.56 Å². The first-order valence-electron chi connectivity index (χ1n) is 11.1. The summed E-state index contributed by atoms with van der Waals surface area (Å²) in [6.45, 7) is 0.889. The lowest BCUT2D eigenvalue weighted by Crippen LogP contribution is -2.52. The highest BCUT2D eigenvalue weighted by Crippen LogP contribution is 2.25. The topological polar surface area (TPSA) is 90.9 Å². The van der Waals surface area contributed by atoms with E-state index in [4.69, 9.17) is 4.74 Å². The molecule has 2 aromatic rings. The van der Waals surface area contributed by atoms with E-state index < -0.39 is 29.8 Å². The third-order valence-electron chi connectivity index (χ3n) is 6.17. The van der Waals surface area contributed by atoms with Crippen molar-refractivity contribution in [1.82, 2.24) is 10.2 Å². The van der Waals surface area contributed by atoms with Crippen LogP contribution < -0.4 is 10.6 Å². The molecular formula is C24H27F2N3O4. The number of hydrogen-bond donors (Lipinski definition) is 3. The fraction of sp³-hybridized carbons (Fsp3) is 0.417. The molecule has 0 aliphatic carbocycles. The molecule has 3 atom stereocenters. The minimum absolute atomic E-state index is 0.00285. The minimum atomic E-state index is -0.760. The fourth-order valence-corrected chi connectivity index (χ4v) is 4.40. The molecule has 2 aliphatic heterocycles. The van der Waals surface area contributed by atoms with Crippen LogP contribution in [-0.2, 0) is 22.5 Å². The van der Waals surface area contributed by atoms with Crippen molar-refractivity contribution in [3.05, 3.63) is 65.2 Å². The number of fused-ring (bicyclic) bond motifs is 1.